The maximum Gasteiger partial charge on any atom is 0.335 e. The average molecular weight is 503 g/mol. The van der Waals surface area contributed by atoms with Crippen molar-refractivity contribution in [3.8, 4) is 28.3 Å². The maximum absolute atomic E-state index is 13.2. The summed E-state index contributed by atoms with van der Waals surface area (Å²) in [5.41, 5.74) is 3.35. The number of amides is 2. The monoisotopic (exact) mass is 502 g/mol. The third-order valence-corrected chi connectivity index (χ3v) is 6.08. The van der Waals surface area contributed by atoms with Crippen LogP contribution >= 0.6 is 0 Å². The van der Waals surface area contributed by atoms with Gasteiger partial charge >= 0.3 is 5.97 Å². The highest BCUT2D eigenvalue weighted by atomic mass is 16.4. The summed E-state index contributed by atoms with van der Waals surface area (Å²) >= 11 is 0. The number of rotatable bonds is 8. The van der Waals surface area contributed by atoms with Gasteiger partial charge in [-0.3, -0.25) is 9.59 Å². The standard InChI is InChI=1S/C28H30N4O5/c1-28(2,3)24(26(35)30-4)31-25(34)22(23(33)27(36)37)32-14-13-21(16-32)20-11-9-19(10-12-20)18-7-5-17(15-29)6-8-18/h5-14,16,22-24,33H,1-4H3,(H,30,35)(H,31,34)(H,36,37). The lowest BCUT2D eigenvalue weighted by Gasteiger charge is -2.32. The lowest BCUT2D eigenvalue weighted by atomic mass is 9.86. The molecule has 3 rings (SSSR count). The summed E-state index contributed by atoms with van der Waals surface area (Å²) in [5.74, 6) is -2.79. The first-order valence-corrected chi connectivity index (χ1v) is 11.7. The summed E-state index contributed by atoms with van der Waals surface area (Å²) in [6.45, 7) is 5.31. The van der Waals surface area contributed by atoms with Crippen LogP contribution in [-0.4, -0.2) is 51.8 Å². The zero-order valence-corrected chi connectivity index (χ0v) is 21.1. The van der Waals surface area contributed by atoms with Crippen LogP contribution in [0.25, 0.3) is 22.3 Å². The predicted octanol–water partition coefficient (Wildman–Crippen LogP) is 2.96. The van der Waals surface area contributed by atoms with Crippen LogP contribution in [0, 0.1) is 16.7 Å². The van der Waals surface area contributed by atoms with Gasteiger partial charge in [0.25, 0.3) is 0 Å². The number of hydrogen-bond donors (Lipinski definition) is 4. The lowest BCUT2D eigenvalue weighted by molar-refractivity contribution is -0.153. The van der Waals surface area contributed by atoms with Crippen LogP contribution in [0.5, 0.6) is 0 Å². The number of hydrogen-bond acceptors (Lipinski definition) is 5. The minimum absolute atomic E-state index is 0.431. The van der Waals surface area contributed by atoms with E-state index in [2.05, 4.69) is 16.7 Å². The van der Waals surface area contributed by atoms with Gasteiger partial charge in [-0.05, 0) is 45.9 Å². The molecule has 9 nitrogen and oxygen atoms in total. The third kappa shape index (κ3) is 6.23. The Kier molecular flexibility index (Phi) is 8.15. The zero-order valence-electron chi connectivity index (χ0n) is 21.1. The van der Waals surface area contributed by atoms with E-state index >= 15 is 0 Å². The van der Waals surface area contributed by atoms with Gasteiger partial charge in [0.2, 0.25) is 11.8 Å². The highest BCUT2D eigenvalue weighted by molar-refractivity contribution is 5.92. The number of nitriles is 1. The van der Waals surface area contributed by atoms with Gasteiger partial charge < -0.3 is 25.4 Å². The Morgan fingerprint density at radius 1 is 0.892 bits per heavy atom. The number of carbonyl (C=O) groups is 3. The number of carboxylic acids is 1. The van der Waals surface area contributed by atoms with E-state index < -0.39 is 41.4 Å². The van der Waals surface area contributed by atoms with Crippen LogP contribution < -0.4 is 10.6 Å². The number of benzene rings is 2. The third-order valence-electron chi connectivity index (χ3n) is 6.08. The van der Waals surface area contributed by atoms with E-state index in [-0.39, 0.29) is 0 Å². The van der Waals surface area contributed by atoms with Gasteiger partial charge in [0.1, 0.15) is 12.1 Å². The first kappa shape index (κ1) is 27.2. The molecule has 0 saturated carbocycles. The molecule has 0 saturated heterocycles. The Labute approximate surface area is 215 Å². The number of likely N-dealkylation sites (N-methyl/N-ethyl adjacent to an activating group) is 1. The number of nitrogens with zero attached hydrogens (tertiary/aromatic N) is 2. The van der Waals surface area contributed by atoms with E-state index in [1.807, 2.05) is 36.4 Å². The molecular formula is C28H30N4O5. The lowest BCUT2D eigenvalue weighted by Crippen LogP contribution is -2.55. The Bertz CT molecular complexity index is 1310. The Morgan fingerprint density at radius 3 is 1.86 bits per heavy atom. The number of nitrogens with one attached hydrogen (secondary N) is 2. The van der Waals surface area contributed by atoms with E-state index in [9.17, 15) is 24.6 Å². The summed E-state index contributed by atoms with van der Waals surface area (Å²) in [5, 5.41) is 34.0. The molecule has 0 radical (unpaired) electrons. The molecule has 2 amide bonds. The van der Waals surface area contributed by atoms with Crippen molar-refractivity contribution in [2.75, 3.05) is 7.05 Å². The minimum Gasteiger partial charge on any atom is -0.479 e. The highest BCUT2D eigenvalue weighted by Gasteiger charge is 2.38. The maximum atomic E-state index is 13.2. The normalized spacial score (nSPS) is 13.6. The topological polar surface area (TPSA) is 144 Å². The molecule has 4 N–H and O–H groups in total. The van der Waals surface area contributed by atoms with Gasteiger partial charge in [-0.1, -0.05) is 57.2 Å². The zero-order chi connectivity index (χ0) is 27.3. The summed E-state index contributed by atoms with van der Waals surface area (Å²) in [4.78, 5) is 37.2. The number of aliphatic hydroxyl groups excluding tert-OH is 1. The quantitative estimate of drug-likeness (QED) is 0.373. The van der Waals surface area contributed by atoms with E-state index in [0.29, 0.717) is 11.1 Å². The van der Waals surface area contributed by atoms with Crippen molar-refractivity contribution >= 4 is 17.8 Å². The number of carbonyl (C=O) groups excluding carboxylic acids is 2. The summed E-state index contributed by atoms with van der Waals surface area (Å²) in [7, 11) is 1.45. The van der Waals surface area contributed by atoms with Crippen molar-refractivity contribution in [3.63, 3.8) is 0 Å². The molecule has 0 fully saturated rings. The molecule has 3 unspecified atom stereocenters. The largest absolute Gasteiger partial charge is 0.479 e. The Balaban J connectivity index is 1.89. The van der Waals surface area contributed by atoms with Gasteiger partial charge in [0, 0.05) is 19.4 Å². The fraction of sp³-hybridized carbons (Fsp3) is 0.286. The van der Waals surface area contributed by atoms with Gasteiger partial charge in [-0.15, -0.1) is 0 Å². The smallest absolute Gasteiger partial charge is 0.335 e. The second kappa shape index (κ2) is 11.1. The van der Waals surface area contributed by atoms with Crippen molar-refractivity contribution in [2.45, 2.75) is 39.0 Å². The molecule has 0 aliphatic carbocycles. The molecule has 0 bridgehead atoms. The number of aromatic nitrogens is 1. The van der Waals surface area contributed by atoms with E-state index in [1.54, 1.807) is 45.2 Å². The second-order valence-electron chi connectivity index (χ2n) is 9.76. The van der Waals surface area contributed by atoms with Crippen LogP contribution in [0.1, 0.15) is 32.4 Å². The second-order valence-corrected chi connectivity index (χ2v) is 9.76. The summed E-state index contributed by atoms with van der Waals surface area (Å²) in [6, 6.07) is 16.2. The number of aliphatic carboxylic acids is 1. The molecule has 0 aliphatic rings. The van der Waals surface area contributed by atoms with Crippen LogP contribution in [0.2, 0.25) is 0 Å². The van der Waals surface area contributed by atoms with Crippen molar-refractivity contribution in [3.05, 3.63) is 72.6 Å². The average Bonchev–Trinajstić information content (AvgIpc) is 3.36. The Morgan fingerprint density at radius 2 is 1.41 bits per heavy atom. The fourth-order valence-electron chi connectivity index (χ4n) is 3.97. The molecule has 1 aromatic heterocycles. The van der Waals surface area contributed by atoms with Crippen molar-refractivity contribution in [1.29, 1.82) is 5.26 Å². The van der Waals surface area contributed by atoms with Gasteiger partial charge in [0.15, 0.2) is 6.10 Å². The van der Waals surface area contributed by atoms with E-state index in [1.165, 1.54) is 17.8 Å². The molecule has 1 heterocycles. The number of carboxylic acid groups (broad SMARTS) is 1. The molecule has 192 valence electrons. The molecule has 0 spiro atoms. The molecule has 0 aliphatic heterocycles. The summed E-state index contributed by atoms with van der Waals surface area (Å²) in [6.07, 6.45) is 1.06. The SMILES string of the molecule is CNC(=O)C(NC(=O)C(C(O)C(=O)O)n1ccc(-c2ccc(-c3ccc(C#N)cc3)cc2)c1)C(C)(C)C. The first-order valence-electron chi connectivity index (χ1n) is 11.7. The molecule has 3 atom stereocenters. The van der Waals surface area contributed by atoms with Crippen LogP contribution in [0.3, 0.4) is 0 Å². The van der Waals surface area contributed by atoms with Crippen LogP contribution in [0.15, 0.2) is 67.0 Å². The number of aliphatic hydroxyl groups is 1. The van der Waals surface area contributed by atoms with Gasteiger partial charge in [-0.2, -0.15) is 5.26 Å². The van der Waals surface area contributed by atoms with E-state index in [0.717, 1.165) is 16.7 Å². The van der Waals surface area contributed by atoms with E-state index in [4.69, 9.17) is 5.26 Å². The molecule has 37 heavy (non-hydrogen) atoms. The first-order chi connectivity index (χ1) is 17.5. The van der Waals surface area contributed by atoms with Crippen molar-refractivity contribution in [1.82, 2.24) is 15.2 Å². The molecular weight excluding hydrogens is 472 g/mol. The van der Waals surface area contributed by atoms with Crippen molar-refractivity contribution < 1.29 is 24.6 Å². The molecule has 9 heteroatoms. The van der Waals surface area contributed by atoms with Crippen LogP contribution in [0.4, 0.5) is 0 Å². The van der Waals surface area contributed by atoms with Gasteiger partial charge in [0.05, 0.1) is 11.6 Å². The minimum atomic E-state index is -2.04. The Hall–Kier alpha value is -4.42. The predicted molar refractivity (Wildman–Crippen MR) is 138 cm³/mol. The molecule has 3 aromatic rings. The highest BCUT2D eigenvalue weighted by Crippen LogP contribution is 2.28. The van der Waals surface area contributed by atoms with Crippen LogP contribution in [-0.2, 0) is 14.4 Å². The fourth-order valence-corrected chi connectivity index (χ4v) is 3.97. The molecule has 2 aromatic carbocycles. The summed E-state index contributed by atoms with van der Waals surface area (Å²) < 4.78 is 1.33. The van der Waals surface area contributed by atoms with Gasteiger partial charge in [-0.25, -0.2) is 4.79 Å². The van der Waals surface area contributed by atoms with Crippen molar-refractivity contribution in [2.24, 2.45) is 5.41 Å².